The van der Waals surface area contributed by atoms with Crippen molar-refractivity contribution in [2.75, 3.05) is 0 Å². The molecular weight excluding hydrogens is 422 g/mol. The molecule has 2 aromatic heterocycles. The first-order chi connectivity index (χ1) is 17.4. The molecule has 0 spiro atoms. The molecule has 0 amide bonds. The van der Waals surface area contributed by atoms with Gasteiger partial charge in [-0.25, -0.2) is 0 Å². The van der Waals surface area contributed by atoms with Gasteiger partial charge in [-0.1, -0.05) is 91.0 Å². The fourth-order valence-electron chi connectivity index (χ4n) is 6.98. The zero-order chi connectivity index (χ0) is 22.7. The number of aromatic nitrogens is 1. The molecule has 0 bridgehead atoms. The van der Waals surface area contributed by atoms with Gasteiger partial charge in [-0.15, -0.1) is 0 Å². The SMILES string of the molecule is c1ccc2c(c1)Cc1c-2ccc2c3ccc4c(c3n3c5ccccc5cc3c12)Cc1ccccc1-4. The summed E-state index contributed by atoms with van der Waals surface area (Å²) in [6.07, 6.45) is 1.99. The average molecular weight is 444 g/mol. The predicted octanol–water partition coefficient (Wildman–Crippen LogP) is 8.54. The molecule has 35 heavy (non-hydrogen) atoms. The normalized spacial score (nSPS) is 13.5. The first kappa shape index (κ1) is 18.0. The molecule has 0 saturated carbocycles. The van der Waals surface area contributed by atoms with Crippen molar-refractivity contribution < 1.29 is 0 Å². The number of hydrogen-bond acceptors (Lipinski definition) is 0. The van der Waals surface area contributed by atoms with Gasteiger partial charge in [0.05, 0.1) is 16.6 Å². The molecule has 2 aliphatic carbocycles. The maximum absolute atomic E-state index is 2.57. The van der Waals surface area contributed by atoms with Crippen molar-refractivity contribution in [3.8, 4) is 22.3 Å². The Morgan fingerprint density at radius 2 is 1.11 bits per heavy atom. The molecule has 162 valence electrons. The summed E-state index contributed by atoms with van der Waals surface area (Å²) in [5.41, 5.74) is 15.4. The van der Waals surface area contributed by atoms with Gasteiger partial charge in [0, 0.05) is 22.6 Å². The summed E-state index contributed by atoms with van der Waals surface area (Å²) in [6, 6.07) is 38.6. The second-order valence-electron chi connectivity index (χ2n) is 10.1. The molecule has 1 nitrogen and oxygen atoms in total. The molecule has 0 N–H and O–H groups in total. The van der Waals surface area contributed by atoms with Crippen LogP contribution in [0.1, 0.15) is 22.3 Å². The van der Waals surface area contributed by atoms with E-state index < -0.39 is 0 Å². The molecule has 9 rings (SSSR count). The van der Waals surface area contributed by atoms with Crippen LogP contribution in [-0.4, -0.2) is 4.40 Å². The first-order valence-corrected chi connectivity index (χ1v) is 12.5. The number of pyridine rings is 1. The third-order valence-corrected chi connectivity index (χ3v) is 8.43. The maximum Gasteiger partial charge on any atom is 0.0582 e. The van der Waals surface area contributed by atoms with Crippen LogP contribution in [0.15, 0.2) is 103 Å². The first-order valence-electron chi connectivity index (χ1n) is 12.5. The van der Waals surface area contributed by atoms with Crippen molar-refractivity contribution in [1.82, 2.24) is 4.40 Å². The quantitative estimate of drug-likeness (QED) is 0.207. The van der Waals surface area contributed by atoms with Crippen LogP contribution in [0.2, 0.25) is 0 Å². The lowest BCUT2D eigenvalue weighted by Crippen LogP contribution is -1.97. The Labute approximate surface area is 202 Å². The molecule has 0 fully saturated rings. The maximum atomic E-state index is 2.57. The number of benzene rings is 5. The van der Waals surface area contributed by atoms with Crippen molar-refractivity contribution in [2.24, 2.45) is 0 Å². The summed E-state index contributed by atoms with van der Waals surface area (Å²) < 4.78 is 2.57. The zero-order valence-electron chi connectivity index (χ0n) is 19.2. The van der Waals surface area contributed by atoms with E-state index in [1.54, 1.807) is 0 Å². The van der Waals surface area contributed by atoms with Crippen LogP contribution in [-0.2, 0) is 12.8 Å². The number of hydrogen-bond donors (Lipinski definition) is 0. The molecule has 5 aromatic carbocycles. The second kappa shape index (κ2) is 6.20. The Kier molecular flexibility index (Phi) is 3.19. The van der Waals surface area contributed by atoms with Crippen LogP contribution in [0.4, 0.5) is 0 Å². The summed E-state index contributed by atoms with van der Waals surface area (Å²) in [4.78, 5) is 0. The minimum atomic E-state index is 0.992. The van der Waals surface area contributed by atoms with E-state index in [2.05, 4.69) is 108 Å². The van der Waals surface area contributed by atoms with Crippen molar-refractivity contribution >= 4 is 38.1 Å². The Morgan fingerprint density at radius 3 is 1.91 bits per heavy atom. The van der Waals surface area contributed by atoms with Crippen molar-refractivity contribution in [1.29, 1.82) is 0 Å². The van der Waals surface area contributed by atoms with E-state index in [1.165, 1.54) is 82.6 Å². The highest BCUT2D eigenvalue weighted by molar-refractivity contribution is 6.20. The Hall–Kier alpha value is -4.36. The Balaban J connectivity index is 1.53. The molecule has 7 aromatic rings. The average Bonchev–Trinajstić information content (AvgIpc) is 3.59. The van der Waals surface area contributed by atoms with Gasteiger partial charge in [0.1, 0.15) is 0 Å². The third-order valence-electron chi connectivity index (χ3n) is 8.43. The van der Waals surface area contributed by atoms with Crippen LogP contribution in [0, 0.1) is 0 Å². The van der Waals surface area contributed by atoms with Gasteiger partial charge in [0.25, 0.3) is 0 Å². The van der Waals surface area contributed by atoms with Crippen LogP contribution in [0.25, 0.3) is 60.3 Å². The highest BCUT2D eigenvalue weighted by atomic mass is 14.9. The lowest BCUT2D eigenvalue weighted by Gasteiger charge is -2.16. The topological polar surface area (TPSA) is 4.41 Å². The molecule has 0 saturated heterocycles. The summed E-state index contributed by atoms with van der Waals surface area (Å²) >= 11 is 0. The third kappa shape index (κ3) is 2.15. The van der Waals surface area contributed by atoms with Crippen LogP contribution in [0.3, 0.4) is 0 Å². The molecule has 0 atom stereocenters. The molecule has 0 aliphatic heterocycles. The van der Waals surface area contributed by atoms with Crippen molar-refractivity contribution in [3.63, 3.8) is 0 Å². The van der Waals surface area contributed by atoms with Gasteiger partial charge in [-0.2, -0.15) is 0 Å². The van der Waals surface area contributed by atoms with E-state index in [-0.39, 0.29) is 0 Å². The van der Waals surface area contributed by atoms with E-state index in [9.17, 15) is 0 Å². The van der Waals surface area contributed by atoms with E-state index in [4.69, 9.17) is 0 Å². The second-order valence-corrected chi connectivity index (χ2v) is 10.1. The Morgan fingerprint density at radius 1 is 0.486 bits per heavy atom. The van der Waals surface area contributed by atoms with E-state index in [0.717, 1.165) is 12.8 Å². The highest BCUT2D eigenvalue weighted by Gasteiger charge is 2.27. The summed E-state index contributed by atoms with van der Waals surface area (Å²) in [5.74, 6) is 0. The van der Waals surface area contributed by atoms with Crippen LogP contribution >= 0.6 is 0 Å². The molecule has 1 heteroatoms. The molecular formula is C34H21N. The number of rotatable bonds is 0. The molecule has 0 radical (unpaired) electrons. The smallest absolute Gasteiger partial charge is 0.0582 e. The minimum Gasteiger partial charge on any atom is -0.308 e. The number of nitrogens with zero attached hydrogens (tertiary/aromatic N) is 1. The lowest BCUT2D eigenvalue weighted by atomic mass is 9.94. The van der Waals surface area contributed by atoms with Crippen LogP contribution in [0.5, 0.6) is 0 Å². The fourth-order valence-corrected chi connectivity index (χ4v) is 6.98. The number of fused-ring (bicyclic) bond motifs is 16. The Bertz CT molecular complexity index is 2050. The summed E-state index contributed by atoms with van der Waals surface area (Å²) in [6.45, 7) is 0. The van der Waals surface area contributed by atoms with Gasteiger partial charge >= 0.3 is 0 Å². The standard InChI is InChI=1S/C34H21N/c1-4-10-23-20(7-1)17-29-25(23)13-15-27-28-16-14-26-24-11-5-2-8-21(24)18-30(26)34(28)35-31-12-6-3-9-22(31)19-32(35)33(27)29/h1-16,19H,17-18H2. The zero-order valence-corrected chi connectivity index (χ0v) is 19.2. The van der Waals surface area contributed by atoms with Gasteiger partial charge in [-0.05, 0) is 68.4 Å². The lowest BCUT2D eigenvalue weighted by molar-refractivity contribution is 1.23. The molecule has 2 heterocycles. The monoisotopic (exact) mass is 443 g/mol. The van der Waals surface area contributed by atoms with E-state index in [0.29, 0.717) is 0 Å². The van der Waals surface area contributed by atoms with E-state index in [1.807, 2.05) is 0 Å². The molecule has 0 unspecified atom stereocenters. The van der Waals surface area contributed by atoms with Crippen LogP contribution < -0.4 is 0 Å². The van der Waals surface area contributed by atoms with Crippen molar-refractivity contribution in [3.05, 3.63) is 125 Å². The predicted molar refractivity (Wildman–Crippen MR) is 146 cm³/mol. The van der Waals surface area contributed by atoms with Crippen molar-refractivity contribution in [2.45, 2.75) is 12.8 Å². The fraction of sp³-hybridized carbons (Fsp3) is 0.0588. The van der Waals surface area contributed by atoms with Gasteiger partial charge < -0.3 is 4.40 Å². The largest absolute Gasteiger partial charge is 0.308 e. The highest BCUT2D eigenvalue weighted by Crippen LogP contribution is 2.47. The minimum absolute atomic E-state index is 0.992. The van der Waals surface area contributed by atoms with Gasteiger partial charge in [0.15, 0.2) is 0 Å². The summed E-state index contributed by atoms with van der Waals surface area (Å²) in [7, 11) is 0. The van der Waals surface area contributed by atoms with Gasteiger partial charge in [-0.3, -0.25) is 0 Å². The molecule has 2 aliphatic rings. The number of para-hydroxylation sites is 1. The van der Waals surface area contributed by atoms with E-state index >= 15 is 0 Å². The summed E-state index contributed by atoms with van der Waals surface area (Å²) in [5, 5.41) is 5.46. The van der Waals surface area contributed by atoms with Gasteiger partial charge in [0.2, 0.25) is 0 Å².